The van der Waals surface area contributed by atoms with E-state index >= 15 is 0 Å². The van der Waals surface area contributed by atoms with Crippen LogP contribution < -0.4 is 19.6 Å². The van der Waals surface area contributed by atoms with Crippen molar-refractivity contribution in [3.63, 3.8) is 0 Å². The number of hydrogen-bond acceptors (Lipinski definition) is 7. The molecule has 1 aliphatic heterocycles. The molecule has 0 spiro atoms. The summed E-state index contributed by atoms with van der Waals surface area (Å²) >= 11 is 7.23. The quantitative estimate of drug-likeness (QED) is 0.562. The van der Waals surface area contributed by atoms with Gasteiger partial charge in [-0.1, -0.05) is 35.1 Å². The summed E-state index contributed by atoms with van der Waals surface area (Å²) in [7, 11) is 1.57. The number of halogens is 1. The van der Waals surface area contributed by atoms with Gasteiger partial charge in [0.15, 0.2) is 4.80 Å². The Kier molecular flexibility index (Phi) is 6.40. The number of rotatable bonds is 5. The largest absolute Gasteiger partial charge is 0.507 e. The van der Waals surface area contributed by atoms with Crippen LogP contribution in [0.3, 0.4) is 0 Å². The van der Waals surface area contributed by atoms with Crippen LogP contribution in [0.4, 0.5) is 0 Å². The molecular formula is C24H21ClN2O5S. The molecule has 7 nitrogen and oxygen atoms in total. The number of allylic oxidation sites excluding steroid dienone is 1. The third-order valence-corrected chi connectivity index (χ3v) is 6.44. The average Bonchev–Trinajstić information content (AvgIpc) is 3.10. The molecule has 0 bridgehead atoms. The van der Waals surface area contributed by atoms with Gasteiger partial charge in [-0.2, -0.15) is 0 Å². The number of benzene rings is 2. The van der Waals surface area contributed by atoms with Crippen molar-refractivity contribution in [2.75, 3.05) is 13.7 Å². The summed E-state index contributed by atoms with van der Waals surface area (Å²) in [5.74, 6) is 0.127. The fourth-order valence-electron chi connectivity index (χ4n) is 3.68. The maximum atomic E-state index is 13.5. The van der Waals surface area contributed by atoms with Crippen LogP contribution in [0.2, 0.25) is 5.02 Å². The Balaban J connectivity index is 1.96. The van der Waals surface area contributed by atoms with Gasteiger partial charge in [0.05, 0.1) is 35.6 Å². The van der Waals surface area contributed by atoms with E-state index in [4.69, 9.17) is 21.1 Å². The average molecular weight is 485 g/mol. The normalized spacial score (nSPS) is 15.8. The van der Waals surface area contributed by atoms with E-state index in [9.17, 15) is 14.7 Å². The highest BCUT2D eigenvalue weighted by atomic mass is 35.5. The van der Waals surface area contributed by atoms with Crippen molar-refractivity contribution in [3.05, 3.63) is 89.6 Å². The first-order valence-electron chi connectivity index (χ1n) is 10.2. The minimum Gasteiger partial charge on any atom is -0.507 e. The van der Waals surface area contributed by atoms with Gasteiger partial charge in [0, 0.05) is 10.6 Å². The fourth-order valence-corrected chi connectivity index (χ4v) is 4.89. The number of methoxy groups -OCH3 is 1. The summed E-state index contributed by atoms with van der Waals surface area (Å²) in [6, 6.07) is 11.0. The molecule has 9 heteroatoms. The van der Waals surface area contributed by atoms with Crippen LogP contribution in [0.5, 0.6) is 11.5 Å². The number of nitrogens with zero attached hydrogens (tertiary/aromatic N) is 2. The number of carbonyl (C=O) groups excluding carboxylic acids is 1. The minimum absolute atomic E-state index is 0.000309. The van der Waals surface area contributed by atoms with Crippen LogP contribution in [0.1, 0.15) is 31.0 Å². The van der Waals surface area contributed by atoms with Crippen LogP contribution in [0.25, 0.3) is 6.08 Å². The number of phenolic OH excluding ortho intramolecular Hbond substituents is 1. The van der Waals surface area contributed by atoms with Crippen LogP contribution in [-0.4, -0.2) is 29.4 Å². The lowest BCUT2D eigenvalue weighted by molar-refractivity contribution is -0.139. The fraction of sp³-hybridized carbons (Fsp3) is 0.208. The van der Waals surface area contributed by atoms with Gasteiger partial charge in [-0.05, 0) is 55.8 Å². The monoisotopic (exact) mass is 484 g/mol. The lowest BCUT2D eigenvalue weighted by Gasteiger charge is -2.24. The van der Waals surface area contributed by atoms with Crippen LogP contribution in [0.15, 0.2) is 63.5 Å². The molecule has 2 heterocycles. The number of phenols is 1. The predicted molar refractivity (Wildman–Crippen MR) is 127 cm³/mol. The van der Waals surface area contributed by atoms with E-state index < -0.39 is 12.0 Å². The van der Waals surface area contributed by atoms with Gasteiger partial charge in [0.1, 0.15) is 11.5 Å². The highest BCUT2D eigenvalue weighted by molar-refractivity contribution is 7.07. The van der Waals surface area contributed by atoms with E-state index in [0.29, 0.717) is 42.5 Å². The molecule has 1 aromatic heterocycles. The molecule has 33 heavy (non-hydrogen) atoms. The number of aromatic hydroxyl groups is 1. The summed E-state index contributed by atoms with van der Waals surface area (Å²) < 4.78 is 12.4. The third-order valence-electron chi connectivity index (χ3n) is 5.22. The second kappa shape index (κ2) is 9.25. The molecule has 1 atom stereocenters. The highest BCUT2D eigenvalue weighted by Gasteiger charge is 2.33. The Labute approximate surface area is 198 Å². The molecule has 170 valence electrons. The topological polar surface area (TPSA) is 90.1 Å². The number of thiazole rings is 1. The third kappa shape index (κ3) is 4.31. The number of carbonyl (C=O) groups is 1. The zero-order valence-electron chi connectivity index (χ0n) is 18.2. The zero-order chi connectivity index (χ0) is 23.7. The van der Waals surface area contributed by atoms with Crippen molar-refractivity contribution < 1.29 is 19.4 Å². The maximum absolute atomic E-state index is 13.5. The Bertz CT molecular complexity index is 1440. The van der Waals surface area contributed by atoms with Gasteiger partial charge in [-0.15, -0.1) is 0 Å². The van der Waals surface area contributed by atoms with E-state index in [-0.39, 0.29) is 17.9 Å². The number of ether oxygens (including phenoxy) is 2. The zero-order valence-corrected chi connectivity index (χ0v) is 19.7. The number of fused-ring (bicyclic) bond motifs is 1. The second-order valence-electron chi connectivity index (χ2n) is 7.28. The van der Waals surface area contributed by atoms with Gasteiger partial charge in [0.2, 0.25) is 0 Å². The molecule has 0 amide bonds. The van der Waals surface area contributed by atoms with Gasteiger partial charge < -0.3 is 14.6 Å². The molecule has 1 aliphatic rings. The van der Waals surface area contributed by atoms with Gasteiger partial charge in [0.25, 0.3) is 5.56 Å². The summed E-state index contributed by atoms with van der Waals surface area (Å²) in [6.07, 6.45) is 1.57. The first-order valence-corrected chi connectivity index (χ1v) is 11.4. The first-order chi connectivity index (χ1) is 15.8. The van der Waals surface area contributed by atoms with Gasteiger partial charge in [-0.25, -0.2) is 9.79 Å². The molecular weight excluding hydrogens is 464 g/mol. The molecule has 0 saturated heterocycles. The van der Waals surface area contributed by atoms with Crippen molar-refractivity contribution in [2.24, 2.45) is 4.99 Å². The smallest absolute Gasteiger partial charge is 0.338 e. The predicted octanol–water partition coefficient (Wildman–Crippen LogP) is 3.17. The van der Waals surface area contributed by atoms with Crippen LogP contribution in [-0.2, 0) is 9.53 Å². The summed E-state index contributed by atoms with van der Waals surface area (Å²) in [6.45, 7) is 3.65. The van der Waals surface area contributed by atoms with Gasteiger partial charge >= 0.3 is 5.97 Å². The number of hydrogen-bond donors (Lipinski definition) is 1. The summed E-state index contributed by atoms with van der Waals surface area (Å²) in [4.78, 5) is 31.4. The first kappa shape index (κ1) is 22.8. The minimum atomic E-state index is -0.721. The molecule has 1 N–H and O–H groups in total. The molecule has 0 aliphatic carbocycles. The summed E-state index contributed by atoms with van der Waals surface area (Å²) in [5, 5.41) is 10.6. The standard InChI is InChI=1S/C24H21ClN2O5S/c1-4-32-23(30)20-13(2)26-24-27(21(20)14-5-8-17(31-3)9-6-14)22(29)19(33-24)12-15-11-16(25)7-10-18(15)28/h5-12,21,28H,4H2,1-3H3/b19-12+. The molecule has 2 aromatic carbocycles. The Morgan fingerprint density at radius 3 is 2.67 bits per heavy atom. The van der Waals surface area contributed by atoms with Crippen molar-refractivity contribution in [1.29, 1.82) is 0 Å². The van der Waals surface area contributed by atoms with Crippen molar-refractivity contribution in [3.8, 4) is 11.5 Å². The molecule has 0 radical (unpaired) electrons. The number of esters is 1. The van der Waals surface area contributed by atoms with Crippen molar-refractivity contribution in [1.82, 2.24) is 4.57 Å². The Hall–Kier alpha value is -3.36. The van der Waals surface area contributed by atoms with Crippen molar-refractivity contribution >= 4 is 35.0 Å². The molecule has 3 aromatic rings. The van der Waals surface area contributed by atoms with Crippen molar-refractivity contribution in [2.45, 2.75) is 19.9 Å². The van der Waals surface area contributed by atoms with Crippen LogP contribution >= 0.6 is 22.9 Å². The second-order valence-corrected chi connectivity index (χ2v) is 8.72. The molecule has 0 saturated carbocycles. The highest BCUT2D eigenvalue weighted by Crippen LogP contribution is 2.31. The maximum Gasteiger partial charge on any atom is 0.338 e. The van der Waals surface area contributed by atoms with E-state index in [1.165, 1.54) is 22.0 Å². The number of aromatic nitrogens is 1. The lowest BCUT2D eigenvalue weighted by Crippen LogP contribution is -2.39. The van der Waals surface area contributed by atoms with Gasteiger partial charge in [-0.3, -0.25) is 9.36 Å². The van der Waals surface area contributed by atoms with E-state index in [2.05, 4.69) is 4.99 Å². The lowest BCUT2D eigenvalue weighted by atomic mass is 9.96. The van der Waals surface area contributed by atoms with Crippen LogP contribution in [0, 0.1) is 0 Å². The van der Waals surface area contributed by atoms with E-state index in [1.54, 1.807) is 63.4 Å². The van der Waals surface area contributed by atoms with E-state index in [0.717, 1.165) is 0 Å². The molecule has 4 rings (SSSR count). The molecule has 1 unspecified atom stereocenters. The SMILES string of the molecule is CCOC(=O)C1=C(C)N=c2s/c(=C/c3cc(Cl)ccc3O)c(=O)n2C1c1ccc(OC)cc1. The Morgan fingerprint density at radius 1 is 1.27 bits per heavy atom. The molecule has 0 fully saturated rings. The van der Waals surface area contributed by atoms with E-state index in [1.807, 2.05) is 0 Å². The Morgan fingerprint density at radius 2 is 2.00 bits per heavy atom. The summed E-state index contributed by atoms with van der Waals surface area (Å²) in [5.41, 5.74) is 1.56.